The molecule has 1 aromatic heterocycles. The number of nitrogens with zero attached hydrogens (tertiary/aromatic N) is 2. The Balaban J connectivity index is 2.02. The van der Waals surface area contributed by atoms with Crippen LogP contribution in [0.5, 0.6) is 5.75 Å². The number of aromatic nitrogens is 2. The van der Waals surface area contributed by atoms with E-state index in [-0.39, 0.29) is 23.2 Å². The topological polar surface area (TPSA) is 82.2 Å². The first-order valence-electron chi connectivity index (χ1n) is 5.22. The fraction of sp³-hybridized carbons (Fsp3) is 0.0909. The van der Waals surface area contributed by atoms with Crippen molar-refractivity contribution in [1.82, 2.24) is 15.2 Å². The molecule has 0 aliphatic heterocycles. The molecule has 3 N–H and O–H groups in total. The number of nitrogens with one attached hydrogen (secondary N) is 1. The number of rotatable bonds is 4. The zero-order chi connectivity index (χ0) is 13.8. The van der Waals surface area contributed by atoms with Crippen LogP contribution in [0.3, 0.4) is 0 Å². The van der Waals surface area contributed by atoms with Crippen LogP contribution in [0.25, 0.3) is 0 Å². The highest BCUT2D eigenvalue weighted by atomic mass is 35.5. The standard InChI is InChI=1S/C11H10ClFN4O2/c12-7-1-2-10(8(13)5-7)19-6-17-4-3-9(16-17)11(18)15-14/h1-5H,6,14H2,(H,15,18). The fourth-order valence-corrected chi connectivity index (χ4v) is 1.52. The van der Waals surface area contributed by atoms with Gasteiger partial charge in [-0.1, -0.05) is 11.6 Å². The summed E-state index contributed by atoms with van der Waals surface area (Å²) in [6, 6.07) is 5.53. The molecule has 0 saturated carbocycles. The Hall–Kier alpha value is -2.12. The Morgan fingerprint density at radius 3 is 3.00 bits per heavy atom. The lowest BCUT2D eigenvalue weighted by atomic mass is 10.3. The molecule has 1 amide bonds. The van der Waals surface area contributed by atoms with E-state index in [0.29, 0.717) is 0 Å². The molecule has 0 bridgehead atoms. The van der Waals surface area contributed by atoms with Crippen LogP contribution in [0.1, 0.15) is 10.5 Å². The number of carbonyl (C=O) groups excluding carboxylic acids is 1. The lowest BCUT2D eigenvalue weighted by molar-refractivity contribution is 0.0946. The number of ether oxygens (including phenoxy) is 1. The van der Waals surface area contributed by atoms with Crippen molar-refractivity contribution < 1.29 is 13.9 Å². The molecule has 1 heterocycles. The summed E-state index contributed by atoms with van der Waals surface area (Å²) in [7, 11) is 0. The third-order valence-electron chi connectivity index (χ3n) is 2.25. The lowest BCUT2D eigenvalue weighted by Crippen LogP contribution is -2.30. The molecule has 6 nitrogen and oxygen atoms in total. The summed E-state index contributed by atoms with van der Waals surface area (Å²) in [6.45, 7) is -0.0452. The first-order chi connectivity index (χ1) is 9.10. The Bertz CT molecular complexity index is 602. The highest BCUT2D eigenvalue weighted by molar-refractivity contribution is 6.30. The van der Waals surface area contributed by atoms with E-state index in [4.69, 9.17) is 22.2 Å². The molecule has 0 radical (unpaired) electrons. The number of carbonyl (C=O) groups is 1. The average molecular weight is 285 g/mol. The SMILES string of the molecule is NNC(=O)c1ccn(COc2ccc(Cl)cc2F)n1. The normalized spacial score (nSPS) is 10.3. The Morgan fingerprint density at radius 2 is 2.32 bits per heavy atom. The predicted octanol–water partition coefficient (Wildman–Crippen LogP) is 1.32. The quantitative estimate of drug-likeness (QED) is 0.504. The van der Waals surface area contributed by atoms with Crippen molar-refractivity contribution >= 4 is 17.5 Å². The molecule has 19 heavy (non-hydrogen) atoms. The van der Waals surface area contributed by atoms with Gasteiger partial charge >= 0.3 is 0 Å². The second-order valence-electron chi connectivity index (χ2n) is 3.56. The van der Waals surface area contributed by atoms with E-state index >= 15 is 0 Å². The van der Waals surface area contributed by atoms with Gasteiger partial charge in [0, 0.05) is 11.2 Å². The molecule has 0 saturated heterocycles. The Kier molecular flexibility index (Phi) is 3.98. The van der Waals surface area contributed by atoms with Crippen LogP contribution < -0.4 is 16.0 Å². The van der Waals surface area contributed by atoms with Crippen LogP contribution in [-0.2, 0) is 6.73 Å². The lowest BCUT2D eigenvalue weighted by Gasteiger charge is -2.07. The molecule has 2 aromatic rings. The van der Waals surface area contributed by atoms with Crippen LogP contribution in [0.4, 0.5) is 4.39 Å². The molecule has 0 aliphatic carbocycles. The van der Waals surface area contributed by atoms with Crippen molar-refractivity contribution in [3.05, 3.63) is 47.0 Å². The minimum absolute atomic E-state index is 0.0452. The Labute approximate surface area is 112 Å². The number of amides is 1. The third-order valence-corrected chi connectivity index (χ3v) is 2.49. The van der Waals surface area contributed by atoms with Gasteiger partial charge in [-0.2, -0.15) is 5.10 Å². The number of hydrazine groups is 1. The van der Waals surface area contributed by atoms with Crippen molar-refractivity contribution in [2.75, 3.05) is 0 Å². The van der Waals surface area contributed by atoms with Gasteiger partial charge in [0.15, 0.2) is 24.0 Å². The number of hydrogen-bond acceptors (Lipinski definition) is 4. The van der Waals surface area contributed by atoms with Gasteiger partial charge in [0.25, 0.3) is 5.91 Å². The van der Waals surface area contributed by atoms with Gasteiger partial charge < -0.3 is 4.74 Å². The van der Waals surface area contributed by atoms with Gasteiger partial charge in [-0.25, -0.2) is 14.9 Å². The van der Waals surface area contributed by atoms with E-state index < -0.39 is 11.7 Å². The molecule has 0 atom stereocenters. The van der Waals surface area contributed by atoms with Crippen LogP contribution in [-0.4, -0.2) is 15.7 Å². The maximum Gasteiger partial charge on any atom is 0.285 e. The summed E-state index contributed by atoms with van der Waals surface area (Å²) in [5.74, 6) is 3.93. The van der Waals surface area contributed by atoms with Gasteiger partial charge in [0.2, 0.25) is 0 Å². The van der Waals surface area contributed by atoms with E-state index in [0.717, 1.165) is 6.07 Å². The van der Waals surface area contributed by atoms with Crippen molar-refractivity contribution in [2.45, 2.75) is 6.73 Å². The third kappa shape index (κ3) is 3.21. The second kappa shape index (κ2) is 5.68. The van der Waals surface area contributed by atoms with Crippen molar-refractivity contribution in [1.29, 1.82) is 0 Å². The van der Waals surface area contributed by atoms with Gasteiger partial charge in [0.1, 0.15) is 0 Å². The molecular weight excluding hydrogens is 275 g/mol. The van der Waals surface area contributed by atoms with E-state index in [9.17, 15) is 9.18 Å². The van der Waals surface area contributed by atoms with E-state index in [2.05, 4.69) is 5.10 Å². The highest BCUT2D eigenvalue weighted by Gasteiger charge is 2.08. The van der Waals surface area contributed by atoms with Crippen LogP contribution in [0.15, 0.2) is 30.5 Å². The average Bonchev–Trinajstić information content (AvgIpc) is 2.85. The van der Waals surface area contributed by atoms with E-state index in [1.165, 1.54) is 29.1 Å². The summed E-state index contributed by atoms with van der Waals surface area (Å²) < 4.78 is 20.0. The summed E-state index contributed by atoms with van der Waals surface area (Å²) in [5.41, 5.74) is 2.09. The summed E-state index contributed by atoms with van der Waals surface area (Å²) >= 11 is 5.62. The number of nitrogen functional groups attached to an aromatic ring is 1. The van der Waals surface area contributed by atoms with Crippen LogP contribution in [0, 0.1) is 5.82 Å². The molecule has 2 rings (SSSR count). The minimum atomic E-state index is -0.570. The fourth-order valence-electron chi connectivity index (χ4n) is 1.36. The molecular formula is C11H10ClFN4O2. The zero-order valence-corrected chi connectivity index (χ0v) is 10.4. The molecule has 0 fully saturated rings. The van der Waals surface area contributed by atoms with Crippen molar-refractivity contribution in [3.63, 3.8) is 0 Å². The number of nitrogens with two attached hydrogens (primary N) is 1. The summed E-state index contributed by atoms with van der Waals surface area (Å²) in [6.07, 6.45) is 1.51. The monoisotopic (exact) mass is 284 g/mol. The molecule has 0 spiro atoms. The van der Waals surface area contributed by atoms with Crippen LogP contribution in [0.2, 0.25) is 5.02 Å². The molecule has 100 valence electrons. The molecule has 8 heteroatoms. The maximum atomic E-state index is 13.4. The maximum absolute atomic E-state index is 13.4. The predicted molar refractivity (Wildman–Crippen MR) is 65.9 cm³/mol. The van der Waals surface area contributed by atoms with Gasteiger partial charge in [-0.3, -0.25) is 10.2 Å². The van der Waals surface area contributed by atoms with Gasteiger partial charge in [-0.15, -0.1) is 0 Å². The van der Waals surface area contributed by atoms with E-state index in [1.54, 1.807) is 0 Å². The summed E-state index contributed by atoms with van der Waals surface area (Å²) in [4.78, 5) is 11.2. The van der Waals surface area contributed by atoms with Crippen LogP contribution >= 0.6 is 11.6 Å². The minimum Gasteiger partial charge on any atom is -0.468 e. The molecule has 1 aromatic carbocycles. The van der Waals surface area contributed by atoms with E-state index in [1.807, 2.05) is 5.43 Å². The number of hydrogen-bond donors (Lipinski definition) is 2. The van der Waals surface area contributed by atoms with Crippen molar-refractivity contribution in [3.8, 4) is 5.75 Å². The molecule has 0 unspecified atom stereocenters. The largest absolute Gasteiger partial charge is 0.468 e. The number of halogens is 2. The van der Waals surface area contributed by atoms with Crippen molar-refractivity contribution in [2.24, 2.45) is 5.84 Å². The second-order valence-corrected chi connectivity index (χ2v) is 4.00. The number of benzene rings is 1. The first kappa shape index (κ1) is 13.3. The highest BCUT2D eigenvalue weighted by Crippen LogP contribution is 2.21. The molecule has 0 aliphatic rings. The summed E-state index contributed by atoms with van der Waals surface area (Å²) in [5, 5.41) is 4.18. The smallest absolute Gasteiger partial charge is 0.285 e. The van der Waals surface area contributed by atoms with Gasteiger partial charge in [0.05, 0.1) is 0 Å². The first-order valence-corrected chi connectivity index (χ1v) is 5.60. The Morgan fingerprint density at radius 1 is 1.53 bits per heavy atom. The zero-order valence-electron chi connectivity index (χ0n) is 9.64. The van der Waals surface area contributed by atoms with Gasteiger partial charge in [-0.05, 0) is 24.3 Å².